The molecule has 0 bridgehead atoms. The van der Waals surface area contributed by atoms with Gasteiger partial charge in [-0.05, 0) is 24.8 Å². The summed E-state index contributed by atoms with van der Waals surface area (Å²) in [6.45, 7) is 4.90. The maximum atomic E-state index is 13.6. The van der Waals surface area contributed by atoms with Crippen LogP contribution in [0, 0.1) is 21.8 Å². The summed E-state index contributed by atoms with van der Waals surface area (Å²) in [5.41, 5.74) is 0.0742. The molecule has 20 heavy (non-hydrogen) atoms. The molecule has 2 rings (SSSR count). The van der Waals surface area contributed by atoms with E-state index >= 15 is 0 Å². The Balaban J connectivity index is 2.03. The van der Waals surface area contributed by atoms with Crippen LogP contribution < -0.4 is 5.32 Å². The van der Waals surface area contributed by atoms with Crippen LogP contribution in [0.1, 0.15) is 26.7 Å². The molecule has 2 unspecified atom stereocenters. The molecule has 110 valence electrons. The third-order valence-electron chi connectivity index (χ3n) is 3.57. The Hall–Kier alpha value is -1.69. The zero-order valence-corrected chi connectivity index (χ0v) is 11.6. The van der Waals surface area contributed by atoms with Crippen molar-refractivity contribution in [2.45, 2.75) is 38.8 Å². The number of halogens is 1. The Morgan fingerprint density at radius 3 is 2.85 bits per heavy atom. The smallest absolute Gasteiger partial charge is 0.304 e. The fraction of sp³-hybridized carbons (Fsp3) is 0.571. The maximum absolute atomic E-state index is 13.6. The van der Waals surface area contributed by atoms with Crippen molar-refractivity contribution in [3.63, 3.8) is 0 Å². The molecule has 1 aliphatic heterocycles. The maximum Gasteiger partial charge on any atom is 0.304 e. The van der Waals surface area contributed by atoms with Gasteiger partial charge in [-0.1, -0.05) is 13.8 Å². The van der Waals surface area contributed by atoms with Gasteiger partial charge in [0.1, 0.15) is 0 Å². The van der Waals surface area contributed by atoms with E-state index in [1.165, 1.54) is 12.1 Å². The summed E-state index contributed by atoms with van der Waals surface area (Å²) in [5.74, 6) is -0.374. The molecule has 0 radical (unpaired) electrons. The van der Waals surface area contributed by atoms with Crippen molar-refractivity contribution in [1.82, 2.24) is 0 Å². The van der Waals surface area contributed by atoms with Crippen LogP contribution in [-0.2, 0) is 4.74 Å². The number of hydrogen-bond donors (Lipinski definition) is 1. The molecule has 0 aromatic heterocycles. The second-order valence-electron chi connectivity index (χ2n) is 5.44. The van der Waals surface area contributed by atoms with Crippen molar-refractivity contribution >= 4 is 11.4 Å². The van der Waals surface area contributed by atoms with Gasteiger partial charge in [0.2, 0.25) is 5.82 Å². The Morgan fingerprint density at radius 2 is 2.25 bits per heavy atom. The highest BCUT2D eigenvalue weighted by Crippen LogP contribution is 2.25. The van der Waals surface area contributed by atoms with E-state index in [1.54, 1.807) is 6.07 Å². The third kappa shape index (κ3) is 3.45. The molecule has 0 amide bonds. The Morgan fingerprint density at radius 1 is 1.50 bits per heavy atom. The van der Waals surface area contributed by atoms with Crippen LogP contribution in [0.15, 0.2) is 18.2 Å². The zero-order chi connectivity index (χ0) is 14.7. The van der Waals surface area contributed by atoms with E-state index < -0.39 is 16.4 Å². The molecule has 1 saturated heterocycles. The molecular formula is C14H19FN2O3. The predicted molar refractivity (Wildman–Crippen MR) is 74.3 cm³/mol. The normalized spacial score (nSPS) is 22.8. The first-order valence-electron chi connectivity index (χ1n) is 6.79. The van der Waals surface area contributed by atoms with Crippen LogP contribution >= 0.6 is 0 Å². The van der Waals surface area contributed by atoms with Gasteiger partial charge < -0.3 is 10.1 Å². The van der Waals surface area contributed by atoms with Gasteiger partial charge in [0.15, 0.2) is 0 Å². The number of nitrogens with one attached hydrogen (secondary N) is 1. The SMILES string of the molecule is CC(C)C1CC(Nc2ccc([N+](=O)[O-])c(F)c2)CCO1. The van der Waals surface area contributed by atoms with Gasteiger partial charge >= 0.3 is 5.69 Å². The highest BCUT2D eigenvalue weighted by molar-refractivity contribution is 5.50. The lowest BCUT2D eigenvalue weighted by atomic mass is 9.95. The second kappa shape index (κ2) is 6.17. The molecule has 1 aliphatic rings. The Bertz CT molecular complexity index is 493. The van der Waals surface area contributed by atoms with Gasteiger partial charge in [-0.2, -0.15) is 4.39 Å². The predicted octanol–water partition coefficient (Wildman–Crippen LogP) is 3.35. The quantitative estimate of drug-likeness (QED) is 0.679. The van der Waals surface area contributed by atoms with Gasteiger partial charge in [0.05, 0.1) is 11.0 Å². The summed E-state index contributed by atoms with van der Waals surface area (Å²) in [6, 6.07) is 4.12. The highest BCUT2D eigenvalue weighted by atomic mass is 19.1. The zero-order valence-electron chi connectivity index (χ0n) is 11.6. The molecule has 1 aromatic rings. The number of anilines is 1. The van der Waals surface area contributed by atoms with Crippen LogP contribution in [0.3, 0.4) is 0 Å². The molecule has 1 heterocycles. The minimum Gasteiger partial charge on any atom is -0.382 e. The van der Waals surface area contributed by atoms with Crippen molar-refractivity contribution in [3.8, 4) is 0 Å². The first-order chi connectivity index (χ1) is 9.47. The molecule has 0 spiro atoms. The van der Waals surface area contributed by atoms with Crippen LogP contribution in [0.2, 0.25) is 0 Å². The van der Waals surface area contributed by atoms with Crippen LogP contribution in [0.4, 0.5) is 15.8 Å². The number of nitro benzene ring substituents is 1. The lowest BCUT2D eigenvalue weighted by Crippen LogP contribution is -2.36. The second-order valence-corrected chi connectivity index (χ2v) is 5.44. The van der Waals surface area contributed by atoms with Crippen molar-refractivity contribution in [3.05, 3.63) is 34.1 Å². The lowest BCUT2D eigenvalue weighted by molar-refractivity contribution is -0.387. The molecule has 1 aromatic carbocycles. The number of benzene rings is 1. The number of ether oxygens (including phenoxy) is 1. The average molecular weight is 282 g/mol. The first kappa shape index (κ1) is 14.7. The van der Waals surface area contributed by atoms with Crippen LogP contribution in [-0.4, -0.2) is 23.7 Å². The highest BCUT2D eigenvalue weighted by Gasteiger charge is 2.25. The molecule has 1 fully saturated rings. The molecule has 0 saturated carbocycles. The summed E-state index contributed by atoms with van der Waals surface area (Å²) in [4.78, 5) is 9.85. The monoisotopic (exact) mass is 282 g/mol. The van der Waals surface area contributed by atoms with Crippen molar-refractivity contribution in [2.24, 2.45) is 5.92 Å². The molecule has 5 nitrogen and oxygen atoms in total. The summed E-state index contributed by atoms with van der Waals surface area (Å²) >= 11 is 0. The van der Waals surface area contributed by atoms with E-state index in [4.69, 9.17) is 4.74 Å². The average Bonchev–Trinajstić information content (AvgIpc) is 2.38. The van der Waals surface area contributed by atoms with E-state index in [-0.39, 0.29) is 12.1 Å². The largest absolute Gasteiger partial charge is 0.382 e. The van der Waals surface area contributed by atoms with Gasteiger partial charge in [0.25, 0.3) is 0 Å². The van der Waals surface area contributed by atoms with Crippen LogP contribution in [0.25, 0.3) is 0 Å². The molecule has 2 atom stereocenters. The van der Waals surface area contributed by atoms with Crippen molar-refractivity contribution in [2.75, 3.05) is 11.9 Å². The van der Waals surface area contributed by atoms with E-state index in [0.29, 0.717) is 18.2 Å². The summed E-state index contributed by atoms with van der Waals surface area (Å²) < 4.78 is 19.2. The summed E-state index contributed by atoms with van der Waals surface area (Å²) in [6.07, 6.45) is 1.90. The standard InChI is InChI=1S/C14H19FN2O3/c1-9(2)14-8-11(5-6-20-14)16-10-3-4-13(17(18)19)12(15)7-10/h3-4,7,9,11,14,16H,5-6,8H2,1-2H3. The lowest BCUT2D eigenvalue weighted by Gasteiger charge is -2.32. The molecular weight excluding hydrogens is 263 g/mol. The topological polar surface area (TPSA) is 64.4 Å². The fourth-order valence-electron chi connectivity index (χ4n) is 2.40. The summed E-state index contributed by atoms with van der Waals surface area (Å²) in [5, 5.41) is 13.8. The van der Waals surface area contributed by atoms with E-state index in [9.17, 15) is 14.5 Å². The summed E-state index contributed by atoms with van der Waals surface area (Å²) in [7, 11) is 0. The molecule has 1 N–H and O–H groups in total. The van der Waals surface area contributed by atoms with E-state index in [0.717, 1.165) is 12.8 Å². The third-order valence-corrected chi connectivity index (χ3v) is 3.57. The van der Waals surface area contributed by atoms with E-state index in [1.807, 2.05) is 0 Å². The number of hydrogen-bond acceptors (Lipinski definition) is 4. The van der Waals surface area contributed by atoms with E-state index in [2.05, 4.69) is 19.2 Å². The number of nitro groups is 1. The first-order valence-corrected chi connectivity index (χ1v) is 6.79. The fourth-order valence-corrected chi connectivity index (χ4v) is 2.40. The Labute approximate surface area is 117 Å². The minimum atomic E-state index is -0.813. The number of rotatable bonds is 4. The molecule has 6 heteroatoms. The van der Waals surface area contributed by atoms with Crippen molar-refractivity contribution < 1.29 is 14.1 Å². The minimum absolute atomic E-state index is 0.198. The van der Waals surface area contributed by atoms with Gasteiger partial charge in [-0.15, -0.1) is 0 Å². The van der Waals surface area contributed by atoms with Gasteiger partial charge in [0, 0.05) is 30.5 Å². The van der Waals surface area contributed by atoms with Crippen LogP contribution in [0.5, 0.6) is 0 Å². The van der Waals surface area contributed by atoms with Gasteiger partial charge in [-0.3, -0.25) is 10.1 Å². The Kier molecular flexibility index (Phi) is 4.54. The van der Waals surface area contributed by atoms with Crippen molar-refractivity contribution in [1.29, 1.82) is 0 Å². The van der Waals surface area contributed by atoms with Gasteiger partial charge in [-0.25, -0.2) is 0 Å². The molecule has 0 aliphatic carbocycles. The number of nitrogens with zero attached hydrogens (tertiary/aromatic N) is 1.